The smallest absolute Gasteiger partial charge is 0.253 e. The Hall–Kier alpha value is -7.50. The van der Waals surface area contributed by atoms with E-state index >= 15 is 0 Å². The normalized spacial score (nSPS) is 21.6. The molecule has 2 N–H and O–H groups in total. The van der Waals surface area contributed by atoms with Gasteiger partial charge in [0.25, 0.3) is 11.8 Å². The van der Waals surface area contributed by atoms with Crippen molar-refractivity contribution in [3.05, 3.63) is 131 Å². The highest BCUT2D eigenvalue weighted by Gasteiger charge is 2.52. The summed E-state index contributed by atoms with van der Waals surface area (Å²) in [5.74, 6) is 0.187. The highest BCUT2D eigenvalue weighted by molar-refractivity contribution is 5.98. The van der Waals surface area contributed by atoms with Crippen LogP contribution in [0.3, 0.4) is 0 Å². The van der Waals surface area contributed by atoms with Gasteiger partial charge in [-0.3, -0.25) is 9.59 Å². The lowest BCUT2D eigenvalue weighted by atomic mass is 9.77. The van der Waals surface area contributed by atoms with Crippen molar-refractivity contribution in [2.45, 2.75) is 51.6 Å². The van der Waals surface area contributed by atoms with E-state index in [0.29, 0.717) is 12.1 Å². The van der Waals surface area contributed by atoms with E-state index in [0.717, 1.165) is 183 Å². The number of ether oxygens (including phenoxy) is 2. The first-order valence-electron chi connectivity index (χ1n) is 28.7. The molecular weight excluding hydrogens is 1000 g/mol. The number of amides is 2. The Morgan fingerprint density at radius 3 is 1.35 bits per heavy atom. The summed E-state index contributed by atoms with van der Waals surface area (Å²) in [5.41, 5.74) is 21.5. The highest BCUT2D eigenvalue weighted by Crippen LogP contribution is 2.43. The van der Waals surface area contributed by atoms with Crippen LogP contribution in [-0.4, -0.2) is 179 Å². The van der Waals surface area contributed by atoms with E-state index in [1.54, 1.807) is 0 Å². The van der Waals surface area contributed by atoms with Crippen LogP contribution < -0.4 is 9.80 Å². The number of anilines is 2. The number of hydrogen-bond donors (Lipinski definition) is 2. The number of carbonyl (C=O) groups excluding carboxylic acids is 2. The maximum atomic E-state index is 12.9. The van der Waals surface area contributed by atoms with Crippen LogP contribution in [0.5, 0.6) is 0 Å². The number of fused-ring (bicyclic) bond motifs is 8. The molecule has 2 amide bonds. The summed E-state index contributed by atoms with van der Waals surface area (Å²) < 4.78 is 10.7. The quantitative estimate of drug-likeness (QED) is 0.165. The maximum absolute atomic E-state index is 12.9. The third-order valence-corrected chi connectivity index (χ3v) is 18.8. The molecule has 0 saturated carbocycles. The molecule has 2 atom stereocenters. The third-order valence-electron chi connectivity index (χ3n) is 18.8. The van der Waals surface area contributed by atoms with Crippen molar-refractivity contribution >= 4 is 45.5 Å². The predicted molar refractivity (Wildman–Crippen MR) is 311 cm³/mol. The SMILES string of the molecule is Cc1cc(-c2cnc3[nH]cc(-c4ccc(C(=O)N5CC6(COC6)C5)cc4)c3n2)cc2c1N1CCN(C)C[C@@H]1CC2.Cc1cc(-c2cnc3[nH]cc(-c4ccc(C(=O)N5CC6(COC6)C5)cc4)c3n2)cc2c1N1CCN(C)C[C@H]1CC2. The number of aryl methyl sites for hydroxylation is 4. The maximum Gasteiger partial charge on any atom is 0.253 e. The topological polar surface area (TPSA) is 155 Å². The molecular formula is C64H68N12O4. The number of nitrogens with zero attached hydrogens (tertiary/aromatic N) is 10. The van der Waals surface area contributed by atoms with Crippen molar-refractivity contribution in [3.63, 3.8) is 0 Å². The molecule has 16 heteroatoms. The van der Waals surface area contributed by atoms with Crippen LogP contribution in [-0.2, 0) is 22.3 Å². The number of piperazine rings is 2. The summed E-state index contributed by atoms with van der Waals surface area (Å²) in [5, 5.41) is 0. The number of H-pyrrole nitrogens is 2. The van der Waals surface area contributed by atoms with Gasteiger partial charge in [-0.05, 0) is 136 Å². The minimum absolute atomic E-state index is 0.0933. The van der Waals surface area contributed by atoms with Crippen LogP contribution in [0.1, 0.15) is 55.8 Å². The Bertz CT molecular complexity index is 3510. The standard InChI is InChI=1S/2C32H34N6O2/c2*1-20-11-24(12-23-7-8-25-15-36(2)9-10-38(25)29(20)23)27-14-34-30-28(35-27)26(13-33-30)21-3-5-22(6-4-21)31(39)37-16-32(17-37)18-40-19-32/h2*3-6,11-14,25H,7-10,15-19H2,1-2H3,(H,33,34)/t2*25-/m10/s1. The van der Waals surface area contributed by atoms with Gasteiger partial charge in [-0.15, -0.1) is 0 Å². The van der Waals surface area contributed by atoms with Gasteiger partial charge in [0.15, 0.2) is 11.3 Å². The molecule has 8 aliphatic heterocycles. The Morgan fingerprint density at radius 2 is 0.963 bits per heavy atom. The van der Waals surface area contributed by atoms with E-state index in [4.69, 9.17) is 29.4 Å². The molecule has 16 rings (SSSR count). The molecule has 6 saturated heterocycles. The summed E-state index contributed by atoms with van der Waals surface area (Å²) in [7, 11) is 4.46. The number of hydrogen-bond acceptors (Lipinski definition) is 12. The zero-order chi connectivity index (χ0) is 54.0. The summed E-state index contributed by atoms with van der Waals surface area (Å²) in [6, 6.07) is 26.2. The van der Waals surface area contributed by atoms with Crippen LogP contribution in [0.2, 0.25) is 0 Å². The Morgan fingerprint density at radius 1 is 0.550 bits per heavy atom. The lowest BCUT2D eigenvalue weighted by Gasteiger charge is -2.54. The van der Waals surface area contributed by atoms with Gasteiger partial charge in [0.1, 0.15) is 11.0 Å². The summed E-state index contributed by atoms with van der Waals surface area (Å²) in [4.78, 5) is 66.1. The Balaban J connectivity index is 0.000000138. The number of benzene rings is 4. The van der Waals surface area contributed by atoms with Crippen LogP contribution in [0, 0.1) is 24.7 Å². The van der Waals surface area contributed by atoms with Gasteiger partial charge >= 0.3 is 0 Å². The van der Waals surface area contributed by atoms with Gasteiger partial charge < -0.3 is 48.8 Å². The van der Waals surface area contributed by atoms with E-state index in [1.807, 2.05) is 83.1 Å². The van der Waals surface area contributed by atoms with Gasteiger partial charge in [-0.2, -0.15) is 0 Å². The van der Waals surface area contributed by atoms with Gasteiger partial charge in [0.2, 0.25) is 0 Å². The lowest BCUT2D eigenvalue weighted by Crippen LogP contribution is -2.67. The second-order valence-electron chi connectivity index (χ2n) is 24.7. The van der Waals surface area contributed by atoms with E-state index in [9.17, 15) is 9.59 Å². The summed E-state index contributed by atoms with van der Waals surface area (Å²) in [6.45, 7) is 17.5. The Labute approximate surface area is 466 Å². The zero-order valence-electron chi connectivity index (χ0n) is 46.2. The minimum Gasteiger partial charge on any atom is -0.380 e. The molecule has 12 heterocycles. The highest BCUT2D eigenvalue weighted by atomic mass is 16.5. The van der Waals surface area contributed by atoms with Crippen molar-refractivity contribution in [2.75, 3.05) is 116 Å². The van der Waals surface area contributed by atoms with Crippen molar-refractivity contribution in [1.29, 1.82) is 0 Å². The molecule has 6 fully saturated rings. The first-order valence-corrected chi connectivity index (χ1v) is 28.7. The number of likely N-dealkylation sites (tertiary alicyclic amines) is 2. The number of carbonyl (C=O) groups is 2. The van der Waals surface area contributed by atoms with Gasteiger partial charge in [-0.25, -0.2) is 19.9 Å². The first kappa shape index (κ1) is 49.5. The number of rotatable bonds is 6. The Kier molecular flexibility index (Phi) is 11.8. The molecule has 16 nitrogen and oxygen atoms in total. The zero-order valence-corrected chi connectivity index (χ0v) is 46.2. The van der Waals surface area contributed by atoms with Crippen LogP contribution in [0.25, 0.3) is 67.1 Å². The van der Waals surface area contributed by atoms with Crippen molar-refractivity contribution in [1.82, 2.24) is 49.5 Å². The molecule has 0 bridgehead atoms. The van der Waals surface area contributed by atoms with E-state index in [1.165, 1.54) is 46.5 Å². The van der Waals surface area contributed by atoms with Gasteiger partial charge in [-0.1, -0.05) is 24.3 Å². The van der Waals surface area contributed by atoms with Crippen LogP contribution in [0.15, 0.2) is 97.6 Å². The van der Waals surface area contributed by atoms with Crippen molar-refractivity contribution in [3.8, 4) is 44.8 Å². The first-order chi connectivity index (χ1) is 38.9. The fourth-order valence-electron chi connectivity index (χ4n) is 14.4. The third kappa shape index (κ3) is 8.47. The second-order valence-corrected chi connectivity index (χ2v) is 24.7. The molecule has 2 spiro atoms. The van der Waals surface area contributed by atoms with E-state index in [-0.39, 0.29) is 22.6 Å². The second kappa shape index (κ2) is 19.1. The average Bonchev–Trinajstić information content (AvgIpc) is 4.11. The van der Waals surface area contributed by atoms with E-state index < -0.39 is 0 Å². The fourth-order valence-corrected chi connectivity index (χ4v) is 14.4. The van der Waals surface area contributed by atoms with E-state index in [2.05, 4.69) is 81.8 Å². The average molecular weight is 1070 g/mol. The number of aromatic amines is 2. The summed E-state index contributed by atoms with van der Waals surface area (Å²) in [6.07, 6.45) is 12.3. The fraction of sp³-hybridized carbons (Fsp3) is 0.406. The van der Waals surface area contributed by atoms with Gasteiger partial charge in [0, 0.05) is 135 Å². The van der Waals surface area contributed by atoms with Crippen LogP contribution in [0.4, 0.5) is 11.4 Å². The monoisotopic (exact) mass is 1070 g/mol. The molecule has 408 valence electrons. The molecule has 0 aliphatic carbocycles. The summed E-state index contributed by atoms with van der Waals surface area (Å²) >= 11 is 0. The van der Waals surface area contributed by atoms with Crippen LogP contribution >= 0.6 is 0 Å². The predicted octanol–water partition coefficient (Wildman–Crippen LogP) is 8.28. The largest absolute Gasteiger partial charge is 0.380 e. The molecule has 8 aromatic rings. The lowest BCUT2D eigenvalue weighted by molar-refractivity contribution is -0.176. The van der Waals surface area contributed by atoms with Gasteiger partial charge in [0.05, 0.1) is 61.0 Å². The number of likely N-dealkylation sites (N-methyl/N-ethyl adjacent to an activating group) is 2. The molecule has 4 aromatic heterocycles. The molecule has 0 radical (unpaired) electrons. The number of nitrogens with one attached hydrogen (secondary N) is 2. The van der Waals surface area contributed by atoms with Crippen molar-refractivity contribution < 1.29 is 19.1 Å². The molecule has 8 aliphatic rings. The number of aromatic nitrogens is 6. The molecule has 80 heavy (non-hydrogen) atoms. The minimum atomic E-state index is 0.0933. The molecule has 0 unspecified atom stereocenters. The van der Waals surface area contributed by atoms with Crippen molar-refractivity contribution in [2.24, 2.45) is 10.8 Å². The molecule has 4 aromatic carbocycles.